The van der Waals surface area contributed by atoms with Gasteiger partial charge in [-0.1, -0.05) is 6.07 Å². The Bertz CT molecular complexity index is 631. The van der Waals surface area contributed by atoms with Gasteiger partial charge in [0.05, 0.1) is 13.2 Å². The second-order valence-corrected chi connectivity index (χ2v) is 5.42. The van der Waals surface area contributed by atoms with E-state index in [1.165, 1.54) is 24.3 Å². The van der Waals surface area contributed by atoms with Crippen LogP contribution >= 0.6 is 11.8 Å². The van der Waals surface area contributed by atoms with Gasteiger partial charge < -0.3 is 10.4 Å². The number of aliphatic hydroxyl groups is 1. The lowest BCUT2D eigenvalue weighted by Crippen LogP contribution is -2.34. The number of halogens is 3. The van der Waals surface area contributed by atoms with E-state index in [4.69, 9.17) is 5.11 Å². The molecule has 2 amide bonds. The fraction of sp³-hybridized carbons (Fsp3) is 0.231. The van der Waals surface area contributed by atoms with Crippen LogP contribution in [-0.2, 0) is 9.59 Å². The number of anilines is 1. The van der Waals surface area contributed by atoms with Crippen LogP contribution in [0.4, 0.5) is 18.9 Å². The van der Waals surface area contributed by atoms with Gasteiger partial charge in [0.15, 0.2) is 0 Å². The fourth-order valence-electron chi connectivity index (χ4n) is 1.84. The number of β-amino-alcohol motifs (C(OH)–C–C–N with tert-alkyl or cyclic N) is 1. The lowest BCUT2D eigenvalue weighted by molar-refractivity contribution is -0.137. The highest BCUT2D eigenvalue weighted by Crippen LogP contribution is 2.37. The molecule has 9 heteroatoms. The van der Waals surface area contributed by atoms with Crippen molar-refractivity contribution in [1.29, 1.82) is 0 Å². The molecule has 0 saturated carbocycles. The Hall–Kier alpha value is -2.00. The van der Waals surface area contributed by atoms with Crippen molar-refractivity contribution < 1.29 is 27.9 Å². The van der Waals surface area contributed by atoms with Crippen LogP contribution in [0.15, 0.2) is 40.9 Å². The molecule has 0 atom stereocenters. The lowest BCUT2D eigenvalue weighted by atomic mass is 10.3. The average molecular weight is 332 g/mol. The van der Waals surface area contributed by atoms with Crippen molar-refractivity contribution in [3.8, 4) is 0 Å². The number of alkyl halides is 3. The summed E-state index contributed by atoms with van der Waals surface area (Å²) < 4.78 is 37.0. The number of thioether (sulfide) groups is 1. The maximum absolute atomic E-state index is 12.3. The van der Waals surface area contributed by atoms with Gasteiger partial charge in [-0.2, -0.15) is 13.2 Å². The van der Waals surface area contributed by atoms with Gasteiger partial charge in [0.25, 0.3) is 11.8 Å². The number of amides is 2. The Morgan fingerprint density at radius 3 is 2.64 bits per heavy atom. The van der Waals surface area contributed by atoms with Crippen molar-refractivity contribution in [2.24, 2.45) is 0 Å². The van der Waals surface area contributed by atoms with Crippen molar-refractivity contribution >= 4 is 29.3 Å². The van der Waals surface area contributed by atoms with Gasteiger partial charge >= 0.3 is 5.51 Å². The maximum atomic E-state index is 12.3. The van der Waals surface area contributed by atoms with Crippen LogP contribution in [0.5, 0.6) is 0 Å². The van der Waals surface area contributed by atoms with E-state index in [1.807, 2.05) is 0 Å². The van der Waals surface area contributed by atoms with E-state index in [-0.39, 0.29) is 41.2 Å². The molecule has 1 heterocycles. The molecule has 1 aliphatic rings. The van der Waals surface area contributed by atoms with Crippen molar-refractivity contribution in [3.05, 3.63) is 36.0 Å². The molecule has 0 spiro atoms. The smallest absolute Gasteiger partial charge is 0.395 e. The molecule has 22 heavy (non-hydrogen) atoms. The normalized spacial score (nSPS) is 15.3. The number of carbonyl (C=O) groups is 2. The monoisotopic (exact) mass is 332 g/mol. The minimum absolute atomic E-state index is 0.0397. The third kappa shape index (κ3) is 4.01. The number of imide groups is 1. The lowest BCUT2D eigenvalue weighted by Gasteiger charge is -2.13. The Kier molecular flexibility index (Phi) is 4.77. The number of hydrogen-bond donors (Lipinski definition) is 2. The largest absolute Gasteiger partial charge is 0.446 e. The molecule has 2 rings (SSSR count). The summed E-state index contributed by atoms with van der Waals surface area (Å²) in [5.41, 5.74) is -4.20. The molecule has 1 aromatic carbocycles. The van der Waals surface area contributed by atoms with Gasteiger partial charge in [-0.3, -0.25) is 14.5 Å². The molecule has 0 saturated heterocycles. The first-order valence-corrected chi connectivity index (χ1v) is 6.93. The standard InChI is InChI=1S/C13H11F3N2O3S/c14-13(15,16)22-9-3-1-2-8(6-9)17-10-7-11(20)18(4-5-19)12(10)21/h1-3,6-7,17,19H,4-5H2. The first-order chi connectivity index (χ1) is 10.3. The predicted molar refractivity (Wildman–Crippen MR) is 73.9 cm³/mol. The summed E-state index contributed by atoms with van der Waals surface area (Å²) in [5, 5.41) is 11.4. The number of hydrogen-bond acceptors (Lipinski definition) is 5. The fourth-order valence-corrected chi connectivity index (χ4v) is 2.44. The number of nitrogens with zero attached hydrogens (tertiary/aromatic N) is 1. The highest BCUT2D eigenvalue weighted by Gasteiger charge is 2.31. The molecular weight excluding hydrogens is 321 g/mol. The molecule has 0 aromatic heterocycles. The van der Waals surface area contributed by atoms with E-state index in [0.717, 1.165) is 11.0 Å². The van der Waals surface area contributed by atoms with Crippen LogP contribution in [0, 0.1) is 0 Å². The number of aliphatic hydroxyl groups excluding tert-OH is 1. The van der Waals surface area contributed by atoms with E-state index in [2.05, 4.69) is 5.32 Å². The molecule has 5 nitrogen and oxygen atoms in total. The molecule has 0 aliphatic carbocycles. The van der Waals surface area contributed by atoms with E-state index in [9.17, 15) is 22.8 Å². The van der Waals surface area contributed by atoms with Gasteiger partial charge in [0.1, 0.15) is 5.70 Å². The molecule has 0 fully saturated rings. The summed E-state index contributed by atoms with van der Waals surface area (Å²) in [5.74, 6) is -1.21. The van der Waals surface area contributed by atoms with Crippen molar-refractivity contribution in [1.82, 2.24) is 4.90 Å². The molecule has 0 bridgehead atoms. The third-order valence-electron chi connectivity index (χ3n) is 2.68. The van der Waals surface area contributed by atoms with Crippen molar-refractivity contribution in [2.75, 3.05) is 18.5 Å². The Morgan fingerprint density at radius 1 is 1.27 bits per heavy atom. The maximum Gasteiger partial charge on any atom is 0.446 e. The summed E-state index contributed by atoms with van der Waals surface area (Å²) in [6, 6.07) is 5.40. The highest BCUT2D eigenvalue weighted by molar-refractivity contribution is 8.00. The van der Waals surface area contributed by atoms with Crippen molar-refractivity contribution in [2.45, 2.75) is 10.4 Å². The molecule has 0 unspecified atom stereocenters. The third-order valence-corrected chi connectivity index (χ3v) is 3.40. The van der Waals surface area contributed by atoms with Crippen LogP contribution in [0.1, 0.15) is 0 Å². The molecule has 2 N–H and O–H groups in total. The molecular formula is C13H11F3N2O3S. The second kappa shape index (κ2) is 6.41. The van der Waals surface area contributed by atoms with Crippen LogP contribution in [0.2, 0.25) is 0 Å². The summed E-state index contributed by atoms with van der Waals surface area (Å²) in [4.78, 5) is 24.3. The highest BCUT2D eigenvalue weighted by atomic mass is 32.2. The van der Waals surface area contributed by atoms with E-state index < -0.39 is 17.3 Å². The summed E-state index contributed by atoms with van der Waals surface area (Å²) in [6.07, 6.45) is 1.04. The number of carbonyl (C=O) groups excluding carboxylic acids is 2. The second-order valence-electron chi connectivity index (χ2n) is 4.28. The van der Waals surface area contributed by atoms with Gasteiger partial charge in [-0.15, -0.1) is 0 Å². The predicted octanol–water partition coefficient (Wildman–Crippen LogP) is 1.96. The van der Waals surface area contributed by atoms with E-state index >= 15 is 0 Å². The van der Waals surface area contributed by atoms with Gasteiger partial charge in [0, 0.05) is 16.7 Å². The summed E-state index contributed by atoms with van der Waals surface area (Å²) in [6.45, 7) is -0.500. The zero-order valence-electron chi connectivity index (χ0n) is 11.1. The van der Waals surface area contributed by atoms with Crippen LogP contribution in [0.25, 0.3) is 0 Å². The zero-order valence-corrected chi connectivity index (χ0v) is 11.9. The molecule has 1 aliphatic heterocycles. The van der Waals surface area contributed by atoms with E-state index in [1.54, 1.807) is 0 Å². The van der Waals surface area contributed by atoms with Crippen LogP contribution in [-0.4, -0.2) is 40.5 Å². The minimum Gasteiger partial charge on any atom is -0.395 e. The Labute approximate surface area is 127 Å². The van der Waals surface area contributed by atoms with Crippen LogP contribution in [0.3, 0.4) is 0 Å². The average Bonchev–Trinajstić information content (AvgIpc) is 2.65. The Balaban J connectivity index is 2.12. The first kappa shape index (κ1) is 16.4. The van der Waals surface area contributed by atoms with E-state index in [0.29, 0.717) is 0 Å². The topological polar surface area (TPSA) is 69.6 Å². The molecule has 1 aromatic rings. The molecule has 118 valence electrons. The van der Waals surface area contributed by atoms with Gasteiger partial charge in [-0.25, -0.2) is 0 Å². The number of benzene rings is 1. The minimum atomic E-state index is -4.41. The van der Waals surface area contributed by atoms with Gasteiger partial charge in [-0.05, 0) is 30.0 Å². The number of nitrogens with one attached hydrogen (secondary N) is 1. The Morgan fingerprint density at radius 2 is 2.00 bits per heavy atom. The number of rotatable bonds is 5. The summed E-state index contributed by atoms with van der Waals surface area (Å²) in [7, 11) is 0. The quantitative estimate of drug-likeness (QED) is 0.637. The summed E-state index contributed by atoms with van der Waals surface area (Å²) >= 11 is -0.272. The van der Waals surface area contributed by atoms with Crippen LogP contribution < -0.4 is 5.32 Å². The zero-order chi connectivity index (χ0) is 16.3. The molecule has 0 radical (unpaired) electrons. The van der Waals surface area contributed by atoms with Gasteiger partial charge in [0.2, 0.25) is 0 Å². The first-order valence-electron chi connectivity index (χ1n) is 6.11. The SMILES string of the molecule is O=C1C=C(Nc2cccc(SC(F)(F)F)c2)C(=O)N1CCO. The van der Waals surface area contributed by atoms with Crippen molar-refractivity contribution in [3.63, 3.8) is 0 Å².